The van der Waals surface area contributed by atoms with E-state index in [4.69, 9.17) is 10.2 Å². The summed E-state index contributed by atoms with van der Waals surface area (Å²) in [6.45, 7) is 2.81. The number of anilines is 1. The zero-order valence-electron chi connectivity index (χ0n) is 10.1. The molecule has 16 heavy (non-hydrogen) atoms. The molecule has 1 saturated heterocycles. The smallest absolute Gasteiger partial charge is 0.195 e. The Kier molecular flexibility index (Phi) is 3.51. The van der Waals surface area contributed by atoms with Gasteiger partial charge in [0.2, 0.25) is 0 Å². The lowest BCUT2D eigenvalue weighted by Gasteiger charge is -2.20. The molecule has 0 aliphatic carbocycles. The van der Waals surface area contributed by atoms with E-state index in [1.165, 1.54) is 12.8 Å². The van der Waals surface area contributed by atoms with Crippen LogP contribution in [0.3, 0.4) is 0 Å². The van der Waals surface area contributed by atoms with Crippen LogP contribution >= 0.6 is 0 Å². The van der Waals surface area contributed by atoms with Crippen molar-refractivity contribution in [2.45, 2.75) is 18.9 Å². The molecule has 2 heterocycles. The van der Waals surface area contributed by atoms with E-state index in [-0.39, 0.29) is 6.04 Å². The summed E-state index contributed by atoms with van der Waals surface area (Å²) < 4.78 is 5.89. The van der Waals surface area contributed by atoms with Crippen molar-refractivity contribution >= 4 is 5.88 Å². The van der Waals surface area contributed by atoms with Crippen molar-refractivity contribution in [1.29, 1.82) is 0 Å². The number of rotatable bonds is 4. The Morgan fingerprint density at radius 1 is 1.38 bits per heavy atom. The summed E-state index contributed by atoms with van der Waals surface area (Å²) in [5, 5.41) is 0. The van der Waals surface area contributed by atoms with Crippen molar-refractivity contribution in [3.63, 3.8) is 0 Å². The molecule has 1 aromatic heterocycles. The molecular formula is C12H21N3O. The van der Waals surface area contributed by atoms with Crippen molar-refractivity contribution in [1.82, 2.24) is 4.90 Å². The minimum Gasteiger partial charge on any atom is -0.444 e. The molecule has 0 radical (unpaired) electrons. The van der Waals surface area contributed by atoms with Crippen LogP contribution in [0, 0.1) is 0 Å². The third-order valence-corrected chi connectivity index (χ3v) is 3.21. The second-order valence-electron chi connectivity index (χ2n) is 4.59. The van der Waals surface area contributed by atoms with E-state index in [1.807, 2.05) is 20.2 Å². The number of nitrogens with zero attached hydrogens (tertiary/aromatic N) is 2. The lowest BCUT2D eigenvalue weighted by Crippen LogP contribution is -2.26. The maximum Gasteiger partial charge on any atom is 0.195 e. The molecule has 2 rings (SSSR count). The molecule has 0 saturated carbocycles. The van der Waals surface area contributed by atoms with Gasteiger partial charge in [-0.15, -0.1) is 0 Å². The molecule has 1 aliphatic heterocycles. The van der Waals surface area contributed by atoms with Crippen LogP contribution in [0.25, 0.3) is 0 Å². The van der Waals surface area contributed by atoms with Gasteiger partial charge < -0.3 is 15.1 Å². The van der Waals surface area contributed by atoms with E-state index in [1.54, 1.807) is 0 Å². The van der Waals surface area contributed by atoms with E-state index in [9.17, 15) is 0 Å². The van der Waals surface area contributed by atoms with Crippen LogP contribution in [0.2, 0.25) is 0 Å². The number of furan rings is 1. The van der Waals surface area contributed by atoms with Gasteiger partial charge in [0.05, 0.1) is 6.04 Å². The molecule has 1 aliphatic rings. The molecule has 1 unspecified atom stereocenters. The first-order valence-electron chi connectivity index (χ1n) is 5.93. The van der Waals surface area contributed by atoms with E-state index < -0.39 is 0 Å². The van der Waals surface area contributed by atoms with Gasteiger partial charge in [0.25, 0.3) is 0 Å². The van der Waals surface area contributed by atoms with E-state index >= 15 is 0 Å². The number of likely N-dealkylation sites (N-methyl/N-ethyl adjacent to an activating group) is 1. The van der Waals surface area contributed by atoms with Gasteiger partial charge >= 0.3 is 0 Å². The molecule has 0 spiro atoms. The van der Waals surface area contributed by atoms with E-state index in [2.05, 4.69) is 15.9 Å². The minimum atomic E-state index is 0.177. The average molecular weight is 223 g/mol. The highest BCUT2D eigenvalue weighted by molar-refractivity contribution is 5.38. The van der Waals surface area contributed by atoms with Crippen LogP contribution in [0.15, 0.2) is 16.5 Å². The molecule has 0 bridgehead atoms. The van der Waals surface area contributed by atoms with Gasteiger partial charge in [0.1, 0.15) is 5.76 Å². The zero-order valence-corrected chi connectivity index (χ0v) is 10.1. The predicted octanol–water partition coefficient (Wildman–Crippen LogP) is 1.44. The van der Waals surface area contributed by atoms with Crippen LogP contribution < -0.4 is 10.6 Å². The Balaban J connectivity index is 2.11. The first kappa shape index (κ1) is 11.5. The van der Waals surface area contributed by atoms with Crippen molar-refractivity contribution in [3.05, 3.63) is 17.9 Å². The van der Waals surface area contributed by atoms with Gasteiger partial charge in [-0.05, 0) is 33.0 Å². The maximum atomic E-state index is 5.89. The van der Waals surface area contributed by atoms with Crippen LogP contribution in [0.5, 0.6) is 0 Å². The lowest BCUT2D eigenvalue weighted by molar-refractivity contribution is 0.265. The molecule has 4 nitrogen and oxygen atoms in total. The van der Waals surface area contributed by atoms with Crippen LogP contribution in [-0.2, 0) is 0 Å². The zero-order chi connectivity index (χ0) is 11.5. The number of hydrogen-bond acceptors (Lipinski definition) is 4. The molecule has 90 valence electrons. The third-order valence-electron chi connectivity index (χ3n) is 3.21. The Morgan fingerprint density at radius 3 is 2.62 bits per heavy atom. The topological polar surface area (TPSA) is 45.6 Å². The summed E-state index contributed by atoms with van der Waals surface area (Å²) in [6, 6.07) is 4.29. The molecule has 1 aromatic rings. The third kappa shape index (κ3) is 2.23. The largest absolute Gasteiger partial charge is 0.444 e. The van der Waals surface area contributed by atoms with Crippen molar-refractivity contribution in [2.24, 2.45) is 5.73 Å². The monoisotopic (exact) mass is 223 g/mol. The predicted molar refractivity (Wildman–Crippen MR) is 65.6 cm³/mol. The fraction of sp³-hybridized carbons (Fsp3) is 0.667. The average Bonchev–Trinajstić information content (AvgIpc) is 2.86. The molecule has 4 heteroatoms. The SMILES string of the molecule is CN(C)C(CN)c1ccc(N2CCCC2)o1. The Morgan fingerprint density at radius 2 is 2.06 bits per heavy atom. The first-order chi connectivity index (χ1) is 7.72. The van der Waals surface area contributed by atoms with Crippen molar-refractivity contribution < 1.29 is 4.42 Å². The van der Waals surface area contributed by atoms with Gasteiger partial charge in [-0.3, -0.25) is 4.90 Å². The lowest BCUT2D eigenvalue weighted by atomic mass is 10.2. The highest BCUT2D eigenvalue weighted by Crippen LogP contribution is 2.27. The first-order valence-corrected chi connectivity index (χ1v) is 5.93. The van der Waals surface area contributed by atoms with Crippen molar-refractivity contribution in [2.75, 3.05) is 38.6 Å². The Labute approximate surface area is 97.0 Å². The fourth-order valence-corrected chi connectivity index (χ4v) is 2.21. The standard InChI is InChI=1S/C12H21N3O/c1-14(2)10(9-13)11-5-6-12(16-11)15-7-3-4-8-15/h5-6,10H,3-4,7-9,13H2,1-2H3. The highest BCUT2D eigenvalue weighted by Gasteiger charge is 2.20. The van der Waals surface area contributed by atoms with Gasteiger partial charge in [-0.25, -0.2) is 0 Å². The number of nitrogens with two attached hydrogens (primary N) is 1. The molecule has 1 atom stereocenters. The molecular weight excluding hydrogens is 202 g/mol. The van der Waals surface area contributed by atoms with Crippen LogP contribution in [0.1, 0.15) is 24.6 Å². The second-order valence-corrected chi connectivity index (χ2v) is 4.59. The second kappa shape index (κ2) is 4.89. The number of hydrogen-bond donors (Lipinski definition) is 1. The quantitative estimate of drug-likeness (QED) is 0.839. The normalized spacial score (nSPS) is 18.4. The summed E-state index contributed by atoms with van der Waals surface area (Å²) in [6.07, 6.45) is 2.54. The van der Waals surface area contributed by atoms with Gasteiger partial charge in [0, 0.05) is 25.7 Å². The van der Waals surface area contributed by atoms with Gasteiger partial charge in [-0.2, -0.15) is 0 Å². The van der Waals surface area contributed by atoms with E-state index in [0.29, 0.717) is 6.54 Å². The Bertz CT molecular complexity index is 329. The fourth-order valence-electron chi connectivity index (χ4n) is 2.21. The van der Waals surface area contributed by atoms with Gasteiger partial charge in [0.15, 0.2) is 5.88 Å². The Hall–Kier alpha value is -1.00. The van der Waals surface area contributed by atoms with E-state index in [0.717, 1.165) is 24.7 Å². The summed E-state index contributed by atoms with van der Waals surface area (Å²) in [5.74, 6) is 1.96. The summed E-state index contributed by atoms with van der Waals surface area (Å²) in [7, 11) is 4.05. The molecule has 0 amide bonds. The summed E-state index contributed by atoms with van der Waals surface area (Å²) >= 11 is 0. The van der Waals surface area contributed by atoms with Crippen molar-refractivity contribution in [3.8, 4) is 0 Å². The van der Waals surface area contributed by atoms with Gasteiger partial charge in [-0.1, -0.05) is 0 Å². The molecule has 0 aromatic carbocycles. The van der Waals surface area contributed by atoms with Crippen LogP contribution in [-0.4, -0.2) is 38.6 Å². The highest BCUT2D eigenvalue weighted by atomic mass is 16.4. The summed E-state index contributed by atoms with van der Waals surface area (Å²) in [5.41, 5.74) is 5.75. The minimum absolute atomic E-state index is 0.177. The van der Waals surface area contributed by atoms with Crippen LogP contribution in [0.4, 0.5) is 5.88 Å². The molecule has 1 fully saturated rings. The maximum absolute atomic E-state index is 5.89. The molecule has 2 N–H and O–H groups in total. The summed E-state index contributed by atoms with van der Waals surface area (Å²) in [4.78, 5) is 4.39.